The van der Waals surface area contributed by atoms with Gasteiger partial charge in [0.05, 0.1) is 0 Å². The molecule has 1 fully saturated rings. The van der Waals surface area contributed by atoms with E-state index in [1.807, 2.05) is 0 Å². The predicted molar refractivity (Wildman–Crippen MR) is 93.7 cm³/mol. The Morgan fingerprint density at radius 3 is 2.96 bits per heavy atom. The van der Waals surface area contributed by atoms with Crippen molar-refractivity contribution in [3.63, 3.8) is 0 Å². The highest BCUT2D eigenvalue weighted by molar-refractivity contribution is 5.76. The first-order valence-corrected chi connectivity index (χ1v) is 9.62. The quantitative estimate of drug-likeness (QED) is 0.831. The van der Waals surface area contributed by atoms with Gasteiger partial charge in [0.2, 0.25) is 5.91 Å². The largest absolute Gasteiger partial charge is 0.356 e. The summed E-state index contributed by atoms with van der Waals surface area (Å²) >= 11 is 0. The van der Waals surface area contributed by atoms with Gasteiger partial charge in [0.1, 0.15) is 11.6 Å². The lowest BCUT2D eigenvalue weighted by atomic mass is 9.84. The average molecular weight is 333 g/mol. The van der Waals surface area contributed by atoms with Crippen molar-refractivity contribution in [2.75, 3.05) is 19.6 Å². The van der Waals surface area contributed by atoms with E-state index in [0.717, 1.165) is 44.1 Å². The number of aromatic nitrogens is 3. The Kier molecular flexibility index (Phi) is 6.24. The van der Waals surface area contributed by atoms with E-state index in [4.69, 9.17) is 0 Å². The SMILES string of the molecule is CC(CC(=O)NCCc1nnc2n1CCCCC2)C1CCNCC1. The van der Waals surface area contributed by atoms with E-state index in [1.54, 1.807) is 0 Å². The Hall–Kier alpha value is -1.43. The normalized spacial score (nSPS) is 20.2. The first-order chi connectivity index (χ1) is 11.7. The van der Waals surface area contributed by atoms with Crippen LogP contribution in [-0.4, -0.2) is 40.3 Å². The van der Waals surface area contributed by atoms with Crippen molar-refractivity contribution in [1.29, 1.82) is 0 Å². The highest BCUT2D eigenvalue weighted by atomic mass is 16.1. The van der Waals surface area contributed by atoms with Crippen LogP contribution in [0.25, 0.3) is 0 Å². The Morgan fingerprint density at radius 1 is 1.29 bits per heavy atom. The summed E-state index contributed by atoms with van der Waals surface area (Å²) in [5, 5.41) is 15.1. The van der Waals surface area contributed by atoms with Gasteiger partial charge < -0.3 is 15.2 Å². The summed E-state index contributed by atoms with van der Waals surface area (Å²) in [6.07, 6.45) is 8.53. The molecule has 0 bridgehead atoms. The lowest BCUT2D eigenvalue weighted by Gasteiger charge is -2.27. The maximum absolute atomic E-state index is 12.2. The molecule has 2 N–H and O–H groups in total. The number of carbonyl (C=O) groups excluding carboxylic acids is 1. The van der Waals surface area contributed by atoms with Crippen LogP contribution in [0.2, 0.25) is 0 Å². The molecule has 24 heavy (non-hydrogen) atoms. The van der Waals surface area contributed by atoms with E-state index >= 15 is 0 Å². The number of piperidine rings is 1. The van der Waals surface area contributed by atoms with Crippen molar-refractivity contribution in [2.24, 2.45) is 11.8 Å². The molecule has 2 aliphatic heterocycles. The van der Waals surface area contributed by atoms with Crippen LogP contribution in [0.3, 0.4) is 0 Å². The third kappa shape index (κ3) is 4.56. The van der Waals surface area contributed by atoms with Crippen molar-refractivity contribution in [3.05, 3.63) is 11.6 Å². The number of amides is 1. The Bertz CT molecular complexity index is 536. The van der Waals surface area contributed by atoms with E-state index in [1.165, 1.54) is 32.1 Å². The summed E-state index contributed by atoms with van der Waals surface area (Å²) < 4.78 is 2.26. The number of nitrogens with zero attached hydrogens (tertiary/aromatic N) is 3. The van der Waals surface area contributed by atoms with Gasteiger partial charge in [0.25, 0.3) is 0 Å². The molecule has 1 aromatic rings. The summed E-state index contributed by atoms with van der Waals surface area (Å²) in [5.74, 6) is 3.48. The van der Waals surface area contributed by atoms with Gasteiger partial charge in [-0.2, -0.15) is 0 Å². The molecule has 2 aliphatic rings. The van der Waals surface area contributed by atoms with Gasteiger partial charge in [-0.1, -0.05) is 13.3 Å². The number of hydrogen-bond donors (Lipinski definition) is 2. The molecule has 6 nitrogen and oxygen atoms in total. The monoisotopic (exact) mass is 333 g/mol. The molecular weight excluding hydrogens is 302 g/mol. The van der Waals surface area contributed by atoms with Crippen molar-refractivity contribution in [1.82, 2.24) is 25.4 Å². The summed E-state index contributed by atoms with van der Waals surface area (Å²) in [6.45, 7) is 6.09. The molecule has 1 amide bonds. The number of nitrogens with one attached hydrogen (secondary N) is 2. The van der Waals surface area contributed by atoms with E-state index in [-0.39, 0.29) is 5.91 Å². The standard InChI is InChI=1S/C18H31N5O/c1-14(15-6-9-19-10-7-15)13-18(24)20-11-8-17-22-21-16-5-3-2-4-12-23(16)17/h14-15,19H,2-13H2,1H3,(H,20,24). The fourth-order valence-corrected chi connectivity index (χ4v) is 3.99. The fraction of sp³-hybridized carbons (Fsp3) is 0.833. The maximum Gasteiger partial charge on any atom is 0.220 e. The molecule has 134 valence electrons. The summed E-state index contributed by atoms with van der Waals surface area (Å²) in [6, 6.07) is 0. The van der Waals surface area contributed by atoms with Crippen molar-refractivity contribution in [2.45, 2.75) is 64.8 Å². The molecule has 0 radical (unpaired) electrons. The number of fused-ring (bicyclic) bond motifs is 1. The second kappa shape index (κ2) is 8.60. The topological polar surface area (TPSA) is 71.8 Å². The minimum Gasteiger partial charge on any atom is -0.356 e. The van der Waals surface area contributed by atoms with Gasteiger partial charge in [-0.05, 0) is 50.6 Å². The molecule has 0 saturated carbocycles. The zero-order valence-corrected chi connectivity index (χ0v) is 14.9. The van der Waals surface area contributed by atoms with E-state index in [2.05, 4.69) is 32.3 Å². The van der Waals surface area contributed by atoms with Crippen LogP contribution in [-0.2, 0) is 24.2 Å². The predicted octanol–water partition coefficient (Wildman–Crippen LogP) is 1.69. The van der Waals surface area contributed by atoms with Crippen LogP contribution < -0.4 is 10.6 Å². The number of aryl methyl sites for hydroxylation is 1. The zero-order valence-electron chi connectivity index (χ0n) is 14.9. The fourth-order valence-electron chi connectivity index (χ4n) is 3.99. The molecule has 1 atom stereocenters. The zero-order chi connectivity index (χ0) is 16.8. The highest BCUT2D eigenvalue weighted by Gasteiger charge is 2.22. The Morgan fingerprint density at radius 2 is 2.12 bits per heavy atom. The molecule has 3 heterocycles. The summed E-state index contributed by atoms with van der Waals surface area (Å²) in [5.41, 5.74) is 0. The molecular formula is C18H31N5O. The van der Waals surface area contributed by atoms with Crippen molar-refractivity contribution < 1.29 is 4.79 Å². The summed E-state index contributed by atoms with van der Waals surface area (Å²) in [4.78, 5) is 12.2. The van der Waals surface area contributed by atoms with Gasteiger partial charge in [0, 0.05) is 32.4 Å². The molecule has 1 saturated heterocycles. The Labute approximate surface area is 144 Å². The summed E-state index contributed by atoms with van der Waals surface area (Å²) in [7, 11) is 0. The number of hydrogen-bond acceptors (Lipinski definition) is 4. The van der Waals surface area contributed by atoms with Gasteiger partial charge in [-0.25, -0.2) is 0 Å². The molecule has 6 heteroatoms. The maximum atomic E-state index is 12.2. The van der Waals surface area contributed by atoms with Crippen molar-refractivity contribution in [3.8, 4) is 0 Å². The van der Waals surface area contributed by atoms with Gasteiger partial charge >= 0.3 is 0 Å². The molecule has 1 unspecified atom stereocenters. The smallest absolute Gasteiger partial charge is 0.220 e. The second-order valence-electron chi connectivity index (χ2n) is 7.36. The number of carbonyl (C=O) groups is 1. The lowest BCUT2D eigenvalue weighted by molar-refractivity contribution is -0.122. The van der Waals surface area contributed by atoms with Crippen LogP contribution >= 0.6 is 0 Å². The molecule has 1 aromatic heterocycles. The van der Waals surface area contributed by atoms with E-state index in [9.17, 15) is 4.79 Å². The second-order valence-corrected chi connectivity index (χ2v) is 7.36. The molecule has 3 rings (SSSR count). The third-order valence-corrected chi connectivity index (χ3v) is 5.55. The average Bonchev–Trinajstić information content (AvgIpc) is 2.82. The van der Waals surface area contributed by atoms with Crippen molar-refractivity contribution >= 4 is 5.91 Å². The van der Waals surface area contributed by atoms with Gasteiger partial charge in [-0.3, -0.25) is 4.79 Å². The van der Waals surface area contributed by atoms with E-state index < -0.39 is 0 Å². The van der Waals surface area contributed by atoms with Crippen LogP contribution in [0.5, 0.6) is 0 Å². The molecule has 0 aromatic carbocycles. The number of rotatable bonds is 6. The van der Waals surface area contributed by atoms with Crippen LogP contribution in [0.15, 0.2) is 0 Å². The minimum absolute atomic E-state index is 0.177. The van der Waals surface area contributed by atoms with E-state index in [0.29, 0.717) is 24.8 Å². The van der Waals surface area contributed by atoms with Gasteiger partial charge in [-0.15, -0.1) is 10.2 Å². The van der Waals surface area contributed by atoms with Crippen LogP contribution in [0, 0.1) is 11.8 Å². The molecule has 0 spiro atoms. The minimum atomic E-state index is 0.177. The lowest BCUT2D eigenvalue weighted by Crippen LogP contribution is -2.34. The van der Waals surface area contributed by atoms with Crippen LogP contribution in [0.4, 0.5) is 0 Å². The first kappa shape index (κ1) is 17.4. The van der Waals surface area contributed by atoms with Gasteiger partial charge in [0.15, 0.2) is 0 Å². The third-order valence-electron chi connectivity index (χ3n) is 5.55. The Balaban J connectivity index is 1.41. The highest BCUT2D eigenvalue weighted by Crippen LogP contribution is 2.24. The first-order valence-electron chi connectivity index (χ1n) is 9.62. The van der Waals surface area contributed by atoms with Crippen LogP contribution in [0.1, 0.15) is 57.1 Å². The molecule has 0 aliphatic carbocycles.